The maximum Gasteiger partial charge on any atom is 0.191 e. The molecule has 1 aliphatic carbocycles. The van der Waals surface area contributed by atoms with Gasteiger partial charge in [0, 0.05) is 45.0 Å². The lowest BCUT2D eigenvalue weighted by Gasteiger charge is -2.24. The van der Waals surface area contributed by atoms with E-state index in [1.165, 1.54) is 45.0 Å². The number of hydrogen-bond acceptors (Lipinski definition) is 4. The Bertz CT molecular complexity index is 589. The molecule has 2 rings (SSSR count). The fourth-order valence-electron chi connectivity index (χ4n) is 4.02. The number of guanidine groups is 1. The number of sulfone groups is 1. The van der Waals surface area contributed by atoms with E-state index in [0.29, 0.717) is 19.0 Å². The van der Waals surface area contributed by atoms with Crippen LogP contribution in [0.3, 0.4) is 0 Å². The first kappa shape index (κ1) is 25.9. The van der Waals surface area contributed by atoms with E-state index in [0.717, 1.165) is 31.4 Å². The lowest BCUT2D eigenvalue weighted by atomic mass is 9.90. The Balaban J connectivity index is 0.00000392. The van der Waals surface area contributed by atoms with Gasteiger partial charge in [-0.15, -0.1) is 24.0 Å². The average molecular weight is 529 g/mol. The Morgan fingerprint density at radius 3 is 2.50 bits per heavy atom. The van der Waals surface area contributed by atoms with Gasteiger partial charge in [-0.1, -0.05) is 26.7 Å². The van der Waals surface area contributed by atoms with E-state index < -0.39 is 9.84 Å². The third-order valence-corrected chi connectivity index (χ3v) is 6.71. The predicted octanol–water partition coefficient (Wildman–Crippen LogP) is 2.88. The SMILES string of the molecule is CCNC(=NCC(C)(C)CCS(C)(=O)=O)NC1CCN(CC2CCCC2)C1.I. The molecule has 6 nitrogen and oxygen atoms in total. The van der Waals surface area contributed by atoms with Gasteiger partial charge < -0.3 is 15.5 Å². The fraction of sp³-hybridized carbons (Fsp3) is 0.950. The second kappa shape index (κ2) is 11.9. The van der Waals surface area contributed by atoms with Gasteiger partial charge in [0.25, 0.3) is 0 Å². The number of nitrogens with zero attached hydrogens (tertiary/aromatic N) is 2. The number of likely N-dealkylation sites (tertiary alicyclic amines) is 1. The summed E-state index contributed by atoms with van der Waals surface area (Å²) in [7, 11) is -2.93. The maximum absolute atomic E-state index is 11.4. The quantitative estimate of drug-likeness (QED) is 0.274. The van der Waals surface area contributed by atoms with Gasteiger partial charge >= 0.3 is 0 Å². The first-order valence-electron chi connectivity index (χ1n) is 10.6. The van der Waals surface area contributed by atoms with Gasteiger partial charge in [-0.05, 0) is 43.9 Å². The van der Waals surface area contributed by atoms with Crippen LogP contribution in [0.2, 0.25) is 0 Å². The third-order valence-electron chi connectivity index (χ3n) is 5.76. The largest absolute Gasteiger partial charge is 0.357 e. The molecule has 2 fully saturated rings. The zero-order valence-corrected chi connectivity index (χ0v) is 21.3. The Morgan fingerprint density at radius 2 is 1.89 bits per heavy atom. The zero-order valence-electron chi connectivity index (χ0n) is 18.2. The van der Waals surface area contributed by atoms with Crippen LogP contribution >= 0.6 is 24.0 Å². The molecule has 1 heterocycles. The number of hydrogen-bond donors (Lipinski definition) is 2. The molecule has 0 bridgehead atoms. The summed E-state index contributed by atoms with van der Waals surface area (Å²) in [6, 6.07) is 0.448. The van der Waals surface area contributed by atoms with Crippen LogP contribution in [0.1, 0.15) is 59.3 Å². The topological polar surface area (TPSA) is 73.8 Å². The molecule has 0 aromatic heterocycles. The maximum atomic E-state index is 11.4. The molecular weight excluding hydrogens is 487 g/mol. The normalized spacial score (nSPS) is 22.3. The van der Waals surface area contributed by atoms with Crippen molar-refractivity contribution >= 4 is 39.8 Å². The molecule has 1 aliphatic heterocycles. The Kier molecular flexibility index (Phi) is 11.1. The molecule has 1 saturated heterocycles. The lowest BCUT2D eigenvalue weighted by Crippen LogP contribution is -2.45. The summed E-state index contributed by atoms with van der Waals surface area (Å²) in [5, 5.41) is 6.94. The Morgan fingerprint density at radius 1 is 1.21 bits per heavy atom. The van der Waals surface area contributed by atoms with Crippen molar-refractivity contribution in [2.24, 2.45) is 16.3 Å². The summed E-state index contributed by atoms with van der Waals surface area (Å²) in [5.74, 6) is 1.98. The third kappa shape index (κ3) is 10.1. The number of nitrogens with one attached hydrogen (secondary N) is 2. The zero-order chi connectivity index (χ0) is 19.9. The van der Waals surface area contributed by atoms with Crippen LogP contribution < -0.4 is 10.6 Å². The van der Waals surface area contributed by atoms with Crippen molar-refractivity contribution in [3.05, 3.63) is 0 Å². The van der Waals surface area contributed by atoms with Gasteiger partial charge in [0.2, 0.25) is 0 Å². The van der Waals surface area contributed by atoms with Crippen LogP contribution in [0, 0.1) is 11.3 Å². The second-order valence-corrected chi connectivity index (χ2v) is 11.5. The highest BCUT2D eigenvalue weighted by Crippen LogP contribution is 2.26. The van der Waals surface area contributed by atoms with E-state index in [4.69, 9.17) is 4.99 Å². The average Bonchev–Trinajstić information content (AvgIpc) is 3.23. The van der Waals surface area contributed by atoms with Gasteiger partial charge in [-0.25, -0.2) is 8.42 Å². The van der Waals surface area contributed by atoms with Gasteiger partial charge in [0.15, 0.2) is 5.96 Å². The summed E-state index contributed by atoms with van der Waals surface area (Å²) >= 11 is 0. The van der Waals surface area contributed by atoms with Gasteiger partial charge in [0.05, 0.1) is 5.75 Å². The Hall–Kier alpha value is -0.0900. The van der Waals surface area contributed by atoms with Crippen molar-refractivity contribution < 1.29 is 8.42 Å². The predicted molar refractivity (Wildman–Crippen MR) is 129 cm³/mol. The fourth-order valence-corrected chi connectivity index (χ4v) is 4.94. The lowest BCUT2D eigenvalue weighted by molar-refractivity contribution is 0.275. The molecule has 166 valence electrons. The molecule has 1 unspecified atom stereocenters. The van der Waals surface area contributed by atoms with E-state index >= 15 is 0 Å². The van der Waals surface area contributed by atoms with Crippen LogP contribution in [0.5, 0.6) is 0 Å². The minimum Gasteiger partial charge on any atom is -0.357 e. The molecule has 0 radical (unpaired) electrons. The van der Waals surface area contributed by atoms with Crippen LogP contribution in [-0.4, -0.2) is 70.1 Å². The molecule has 28 heavy (non-hydrogen) atoms. The van der Waals surface area contributed by atoms with E-state index in [1.54, 1.807) is 0 Å². The highest BCUT2D eigenvalue weighted by atomic mass is 127. The van der Waals surface area contributed by atoms with Crippen molar-refractivity contribution in [1.29, 1.82) is 0 Å². The van der Waals surface area contributed by atoms with Crippen LogP contribution in [0.4, 0.5) is 0 Å². The van der Waals surface area contributed by atoms with E-state index in [1.807, 2.05) is 0 Å². The van der Waals surface area contributed by atoms with Gasteiger partial charge in [0.1, 0.15) is 9.84 Å². The summed E-state index contributed by atoms with van der Waals surface area (Å²) in [5.41, 5.74) is -0.129. The van der Waals surface area contributed by atoms with E-state index in [2.05, 4.69) is 36.3 Å². The molecule has 8 heteroatoms. The van der Waals surface area contributed by atoms with E-state index in [-0.39, 0.29) is 35.1 Å². The van der Waals surface area contributed by atoms with E-state index in [9.17, 15) is 8.42 Å². The number of aliphatic imine (C=N–C) groups is 1. The smallest absolute Gasteiger partial charge is 0.191 e. The molecule has 0 aromatic rings. The molecule has 0 amide bonds. The highest BCUT2D eigenvalue weighted by Gasteiger charge is 2.27. The minimum atomic E-state index is -2.93. The Labute approximate surface area is 189 Å². The summed E-state index contributed by atoms with van der Waals surface area (Å²) in [6.45, 7) is 11.2. The summed E-state index contributed by atoms with van der Waals surface area (Å²) in [6.07, 6.45) is 8.72. The molecule has 0 spiro atoms. The number of halogens is 1. The first-order valence-corrected chi connectivity index (χ1v) is 12.7. The monoisotopic (exact) mass is 528 g/mol. The summed E-state index contributed by atoms with van der Waals surface area (Å²) < 4.78 is 22.9. The van der Waals surface area contributed by atoms with Crippen LogP contribution in [-0.2, 0) is 9.84 Å². The van der Waals surface area contributed by atoms with Crippen molar-refractivity contribution in [1.82, 2.24) is 15.5 Å². The molecule has 1 atom stereocenters. The summed E-state index contributed by atoms with van der Waals surface area (Å²) in [4.78, 5) is 7.36. The van der Waals surface area contributed by atoms with Crippen molar-refractivity contribution in [3.8, 4) is 0 Å². The molecule has 1 saturated carbocycles. The second-order valence-electron chi connectivity index (χ2n) is 9.28. The highest BCUT2D eigenvalue weighted by molar-refractivity contribution is 14.0. The molecular formula is C20H41IN4O2S. The molecule has 2 N–H and O–H groups in total. The molecule has 2 aliphatic rings. The minimum absolute atomic E-state index is 0. The van der Waals surface area contributed by atoms with Crippen LogP contribution in [0.15, 0.2) is 4.99 Å². The standard InChI is InChI=1S/C20H40N4O2S.HI/c1-5-21-19(22-16-20(2,3)11-13-27(4,25)26)23-18-10-12-24(15-18)14-17-8-6-7-9-17;/h17-18H,5-16H2,1-4H3,(H2,21,22,23);1H. The van der Waals surface area contributed by atoms with Crippen molar-refractivity contribution in [3.63, 3.8) is 0 Å². The van der Waals surface area contributed by atoms with Crippen molar-refractivity contribution in [2.75, 3.05) is 44.7 Å². The van der Waals surface area contributed by atoms with Crippen LogP contribution in [0.25, 0.3) is 0 Å². The van der Waals surface area contributed by atoms with Gasteiger partial charge in [-0.3, -0.25) is 4.99 Å². The first-order chi connectivity index (χ1) is 12.7. The van der Waals surface area contributed by atoms with Gasteiger partial charge in [-0.2, -0.15) is 0 Å². The number of rotatable bonds is 9. The molecule has 0 aromatic carbocycles. The van der Waals surface area contributed by atoms with Crippen molar-refractivity contribution in [2.45, 2.75) is 65.3 Å².